The number of nitrogens with one attached hydrogen (secondary N) is 1. The van der Waals surface area contributed by atoms with Crippen molar-refractivity contribution in [1.29, 1.82) is 0 Å². The van der Waals surface area contributed by atoms with Gasteiger partial charge in [0.05, 0.1) is 6.33 Å². The van der Waals surface area contributed by atoms with Gasteiger partial charge in [-0.3, -0.25) is 0 Å². The molecule has 0 bridgehead atoms. The third-order valence-electron chi connectivity index (χ3n) is 3.67. The van der Waals surface area contributed by atoms with E-state index in [0.29, 0.717) is 19.4 Å². The van der Waals surface area contributed by atoms with Gasteiger partial charge in [0, 0.05) is 18.9 Å². The zero-order chi connectivity index (χ0) is 19.7. The van der Waals surface area contributed by atoms with Crippen LogP contribution >= 0.6 is 0 Å². The summed E-state index contributed by atoms with van der Waals surface area (Å²) in [6, 6.07) is 8.64. The highest BCUT2D eigenvalue weighted by Gasteiger charge is 2.25. The standard InChI is InChI=1S/C20H27N3O4/c1-20(2,3)27-19(25)22-17(10-7-12-23-13-11-21-15-23)18(24)26-14-16-8-5-4-6-9-16/h4-6,8-9,11,13,15,17H,7,10,12,14H2,1-3H3,(H,22,25)/t17-/m1/s1. The average molecular weight is 373 g/mol. The number of nitrogens with zero attached hydrogens (tertiary/aromatic N) is 2. The molecule has 1 heterocycles. The van der Waals surface area contributed by atoms with Crippen LogP contribution in [0.3, 0.4) is 0 Å². The fourth-order valence-electron chi connectivity index (χ4n) is 2.43. The molecule has 1 aromatic carbocycles. The predicted octanol–water partition coefficient (Wildman–Crippen LogP) is 3.30. The van der Waals surface area contributed by atoms with Crippen LogP contribution in [0.4, 0.5) is 4.79 Å². The summed E-state index contributed by atoms with van der Waals surface area (Å²) < 4.78 is 12.6. The second-order valence-electron chi connectivity index (χ2n) is 7.23. The third-order valence-corrected chi connectivity index (χ3v) is 3.67. The van der Waals surface area contributed by atoms with E-state index in [1.54, 1.807) is 33.3 Å². The molecule has 0 saturated carbocycles. The monoisotopic (exact) mass is 373 g/mol. The first-order chi connectivity index (χ1) is 12.8. The molecule has 0 spiro atoms. The Morgan fingerprint density at radius 1 is 1.22 bits per heavy atom. The van der Waals surface area contributed by atoms with Crippen LogP contribution in [0.5, 0.6) is 0 Å². The van der Waals surface area contributed by atoms with Gasteiger partial charge in [0.15, 0.2) is 0 Å². The van der Waals surface area contributed by atoms with Crippen LogP contribution in [0.1, 0.15) is 39.2 Å². The third kappa shape index (κ3) is 7.94. The number of hydrogen-bond donors (Lipinski definition) is 1. The first kappa shape index (κ1) is 20.5. The van der Waals surface area contributed by atoms with Crippen LogP contribution in [-0.4, -0.2) is 33.3 Å². The molecule has 1 atom stereocenters. The molecular weight excluding hydrogens is 346 g/mol. The van der Waals surface area contributed by atoms with E-state index in [0.717, 1.165) is 5.56 Å². The molecule has 27 heavy (non-hydrogen) atoms. The fraction of sp³-hybridized carbons (Fsp3) is 0.450. The number of benzene rings is 1. The molecule has 1 N–H and O–H groups in total. The number of hydrogen-bond acceptors (Lipinski definition) is 5. The number of imidazole rings is 1. The normalized spacial score (nSPS) is 12.3. The zero-order valence-corrected chi connectivity index (χ0v) is 16.1. The number of amides is 1. The second-order valence-corrected chi connectivity index (χ2v) is 7.23. The lowest BCUT2D eigenvalue weighted by Crippen LogP contribution is -2.44. The van der Waals surface area contributed by atoms with E-state index in [9.17, 15) is 9.59 Å². The first-order valence-corrected chi connectivity index (χ1v) is 8.99. The molecular formula is C20H27N3O4. The highest BCUT2D eigenvalue weighted by Crippen LogP contribution is 2.10. The van der Waals surface area contributed by atoms with E-state index in [1.807, 2.05) is 41.1 Å². The van der Waals surface area contributed by atoms with Crippen LogP contribution in [0.2, 0.25) is 0 Å². The Labute approximate surface area is 159 Å². The van der Waals surface area contributed by atoms with Gasteiger partial charge in [-0.15, -0.1) is 0 Å². The lowest BCUT2D eigenvalue weighted by molar-refractivity contribution is -0.147. The molecule has 1 aromatic heterocycles. The maximum absolute atomic E-state index is 12.5. The van der Waals surface area contributed by atoms with Gasteiger partial charge in [0.1, 0.15) is 18.2 Å². The summed E-state index contributed by atoms with van der Waals surface area (Å²) in [6.45, 7) is 6.17. The lowest BCUT2D eigenvalue weighted by atomic mass is 10.1. The van der Waals surface area contributed by atoms with E-state index < -0.39 is 23.7 Å². The summed E-state index contributed by atoms with van der Waals surface area (Å²) in [5.74, 6) is -0.477. The summed E-state index contributed by atoms with van der Waals surface area (Å²) in [7, 11) is 0. The van der Waals surface area contributed by atoms with Crippen LogP contribution in [-0.2, 0) is 27.4 Å². The van der Waals surface area contributed by atoms with Crippen molar-refractivity contribution in [3.63, 3.8) is 0 Å². The number of aryl methyl sites for hydroxylation is 1. The molecule has 7 nitrogen and oxygen atoms in total. The Balaban J connectivity index is 1.91. The van der Waals surface area contributed by atoms with Crippen molar-refractivity contribution in [2.24, 2.45) is 0 Å². The predicted molar refractivity (Wildman–Crippen MR) is 101 cm³/mol. The first-order valence-electron chi connectivity index (χ1n) is 8.99. The molecule has 0 radical (unpaired) electrons. The minimum Gasteiger partial charge on any atom is -0.459 e. The van der Waals surface area contributed by atoms with Crippen LogP contribution in [0.15, 0.2) is 49.1 Å². The van der Waals surface area contributed by atoms with Gasteiger partial charge in [-0.05, 0) is 39.2 Å². The van der Waals surface area contributed by atoms with Crippen LogP contribution < -0.4 is 5.32 Å². The highest BCUT2D eigenvalue weighted by atomic mass is 16.6. The summed E-state index contributed by atoms with van der Waals surface area (Å²) in [5, 5.41) is 2.63. The molecule has 0 aliphatic carbocycles. The molecule has 0 fully saturated rings. The van der Waals surface area contributed by atoms with Gasteiger partial charge in [0.25, 0.3) is 0 Å². The van der Waals surface area contributed by atoms with E-state index in [4.69, 9.17) is 9.47 Å². The molecule has 1 amide bonds. The quantitative estimate of drug-likeness (QED) is 0.718. The smallest absolute Gasteiger partial charge is 0.408 e. The van der Waals surface area contributed by atoms with Crippen molar-refractivity contribution in [3.05, 3.63) is 54.6 Å². The number of carbonyl (C=O) groups excluding carboxylic acids is 2. The maximum Gasteiger partial charge on any atom is 0.408 e. The molecule has 0 unspecified atom stereocenters. The molecule has 146 valence electrons. The Kier molecular flexibility index (Phi) is 7.40. The van der Waals surface area contributed by atoms with Gasteiger partial charge < -0.3 is 19.4 Å². The summed E-state index contributed by atoms with van der Waals surface area (Å²) in [5.41, 5.74) is 0.250. The van der Waals surface area contributed by atoms with Gasteiger partial charge in [-0.2, -0.15) is 0 Å². The minimum absolute atomic E-state index is 0.160. The number of aromatic nitrogens is 2. The lowest BCUT2D eigenvalue weighted by Gasteiger charge is -2.23. The summed E-state index contributed by atoms with van der Waals surface area (Å²) in [4.78, 5) is 28.6. The van der Waals surface area contributed by atoms with E-state index in [-0.39, 0.29) is 6.61 Å². The Bertz CT molecular complexity index is 709. The Morgan fingerprint density at radius 3 is 2.59 bits per heavy atom. The van der Waals surface area contributed by atoms with Crippen molar-refractivity contribution < 1.29 is 19.1 Å². The second kappa shape index (κ2) is 9.75. The molecule has 7 heteroatoms. The molecule has 0 saturated heterocycles. The van der Waals surface area contributed by atoms with Crippen LogP contribution in [0.25, 0.3) is 0 Å². The highest BCUT2D eigenvalue weighted by molar-refractivity contribution is 5.81. The van der Waals surface area contributed by atoms with Crippen molar-refractivity contribution >= 4 is 12.1 Å². The van der Waals surface area contributed by atoms with Crippen molar-refractivity contribution in [2.75, 3.05) is 0 Å². The average Bonchev–Trinajstić information content (AvgIpc) is 3.11. The Morgan fingerprint density at radius 2 is 1.96 bits per heavy atom. The van der Waals surface area contributed by atoms with Gasteiger partial charge in [0.2, 0.25) is 0 Å². The number of carbonyl (C=O) groups is 2. The molecule has 0 aliphatic heterocycles. The number of rotatable bonds is 8. The molecule has 2 rings (SSSR count). The fourth-order valence-corrected chi connectivity index (χ4v) is 2.43. The number of esters is 1. The molecule has 2 aromatic rings. The topological polar surface area (TPSA) is 82.5 Å². The summed E-state index contributed by atoms with van der Waals surface area (Å²) in [6.07, 6.45) is 5.74. The number of alkyl carbamates (subject to hydrolysis) is 1. The molecule has 0 aliphatic rings. The van der Waals surface area contributed by atoms with Crippen molar-refractivity contribution in [2.45, 2.75) is 58.4 Å². The maximum atomic E-state index is 12.5. The van der Waals surface area contributed by atoms with E-state index in [2.05, 4.69) is 10.3 Å². The summed E-state index contributed by atoms with van der Waals surface area (Å²) >= 11 is 0. The van der Waals surface area contributed by atoms with Crippen molar-refractivity contribution in [1.82, 2.24) is 14.9 Å². The largest absolute Gasteiger partial charge is 0.459 e. The van der Waals surface area contributed by atoms with Crippen molar-refractivity contribution in [3.8, 4) is 0 Å². The SMILES string of the molecule is CC(C)(C)OC(=O)N[C@H](CCCn1ccnc1)C(=O)OCc1ccccc1. The van der Waals surface area contributed by atoms with E-state index in [1.165, 1.54) is 0 Å². The number of ether oxygens (including phenoxy) is 2. The van der Waals surface area contributed by atoms with Crippen LogP contribution in [0, 0.1) is 0 Å². The Hall–Kier alpha value is -2.83. The van der Waals surface area contributed by atoms with E-state index >= 15 is 0 Å². The minimum atomic E-state index is -0.771. The van der Waals surface area contributed by atoms with Gasteiger partial charge >= 0.3 is 12.1 Å². The van der Waals surface area contributed by atoms with Gasteiger partial charge in [-0.1, -0.05) is 30.3 Å². The van der Waals surface area contributed by atoms with Gasteiger partial charge in [-0.25, -0.2) is 14.6 Å². The zero-order valence-electron chi connectivity index (χ0n) is 16.1.